The van der Waals surface area contributed by atoms with Crippen LogP contribution in [0.25, 0.3) is 0 Å². The van der Waals surface area contributed by atoms with Gasteiger partial charge in [-0.15, -0.1) is 0 Å². The van der Waals surface area contributed by atoms with Crippen molar-refractivity contribution in [1.82, 2.24) is 4.90 Å². The fraction of sp³-hybridized carbons (Fsp3) is 1.00. The van der Waals surface area contributed by atoms with Gasteiger partial charge in [0.15, 0.2) is 0 Å². The molecule has 0 atom stereocenters. The van der Waals surface area contributed by atoms with E-state index in [1.54, 1.807) is 0 Å². The molecule has 0 heterocycles. The molecule has 0 radical (unpaired) electrons. The number of hydrogen-bond donors (Lipinski definition) is 1. The predicted molar refractivity (Wildman–Crippen MR) is 83.2 cm³/mol. The molecule has 2 heteroatoms. The highest BCUT2D eigenvalue weighted by Crippen LogP contribution is 2.39. The van der Waals surface area contributed by atoms with Crippen LogP contribution in [0.3, 0.4) is 0 Å². The zero-order chi connectivity index (χ0) is 13.9. The molecule has 0 bridgehead atoms. The van der Waals surface area contributed by atoms with E-state index in [0.717, 1.165) is 24.4 Å². The van der Waals surface area contributed by atoms with Crippen LogP contribution in [0.1, 0.15) is 71.6 Å². The number of nitrogens with zero attached hydrogens (tertiary/aromatic N) is 1. The van der Waals surface area contributed by atoms with Crippen molar-refractivity contribution in [2.75, 3.05) is 13.6 Å². The highest BCUT2D eigenvalue weighted by molar-refractivity contribution is 4.97. The van der Waals surface area contributed by atoms with Crippen LogP contribution < -0.4 is 5.73 Å². The topological polar surface area (TPSA) is 29.3 Å². The monoisotopic (exact) mass is 266 g/mol. The van der Waals surface area contributed by atoms with Gasteiger partial charge in [-0.3, -0.25) is 4.90 Å². The van der Waals surface area contributed by atoms with Gasteiger partial charge in [-0.05, 0) is 70.3 Å². The molecule has 2 N–H and O–H groups in total. The molecule has 0 unspecified atom stereocenters. The van der Waals surface area contributed by atoms with Gasteiger partial charge in [-0.25, -0.2) is 0 Å². The molecule has 0 saturated heterocycles. The van der Waals surface area contributed by atoms with E-state index < -0.39 is 0 Å². The van der Waals surface area contributed by atoms with Crippen LogP contribution in [-0.2, 0) is 0 Å². The summed E-state index contributed by atoms with van der Waals surface area (Å²) in [5, 5.41) is 0. The fourth-order valence-corrected chi connectivity index (χ4v) is 4.33. The van der Waals surface area contributed by atoms with Crippen molar-refractivity contribution < 1.29 is 0 Å². The number of hydrogen-bond acceptors (Lipinski definition) is 2. The van der Waals surface area contributed by atoms with E-state index in [0.29, 0.717) is 5.54 Å². The van der Waals surface area contributed by atoms with Gasteiger partial charge in [0.25, 0.3) is 0 Å². The highest BCUT2D eigenvalue weighted by atomic mass is 15.2. The lowest BCUT2D eigenvalue weighted by atomic mass is 9.74. The lowest BCUT2D eigenvalue weighted by Crippen LogP contribution is -2.58. The molecule has 2 fully saturated rings. The van der Waals surface area contributed by atoms with Crippen molar-refractivity contribution in [3.05, 3.63) is 0 Å². The minimum absolute atomic E-state index is 0.316. The van der Waals surface area contributed by atoms with Gasteiger partial charge < -0.3 is 5.73 Å². The minimum atomic E-state index is 0.316. The lowest BCUT2D eigenvalue weighted by molar-refractivity contribution is 0.0133. The Morgan fingerprint density at radius 1 is 1.05 bits per heavy atom. The molecule has 0 aromatic carbocycles. The molecule has 112 valence electrons. The molecule has 0 amide bonds. The molecule has 2 saturated carbocycles. The van der Waals surface area contributed by atoms with Gasteiger partial charge in [0, 0.05) is 18.1 Å². The zero-order valence-corrected chi connectivity index (χ0v) is 13.3. The maximum absolute atomic E-state index is 6.20. The Balaban J connectivity index is 1.95. The van der Waals surface area contributed by atoms with E-state index >= 15 is 0 Å². The smallest absolute Gasteiger partial charge is 0.0331 e. The lowest BCUT2D eigenvalue weighted by Gasteiger charge is -2.50. The SMILES string of the molecule is CCC1CCC(N(C)C2(CN)CCC(C)CC2)CC1. The minimum Gasteiger partial charge on any atom is -0.329 e. The van der Waals surface area contributed by atoms with E-state index in [-0.39, 0.29) is 0 Å². The molecule has 19 heavy (non-hydrogen) atoms. The summed E-state index contributed by atoms with van der Waals surface area (Å²) in [6.45, 7) is 5.59. The summed E-state index contributed by atoms with van der Waals surface area (Å²) in [5.74, 6) is 1.90. The van der Waals surface area contributed by atoms with Gasteiger partial charge in [0.05, 0.1) is 0 Å². The molecule has 2 aliphatic rings. The van der Waals surface area contributed by atoms with Crippen molar-refractivity contribution in [3.63, 3.8) is 0 Å². The van der Waals surface area contributed by atoms with Crippen LogP contribution in [-0.4, -0.2) is 30.1 Å². The molecule has 2 aliphatic carbocycles. The maximum Gasteiger partial charge on any atom is 0.0331 e. The van der Waals surface area contributed by atoms with Gasteiger partial charge >= 0.3 is 0 Å². The number of likely N-dealkylation sites (N-methyl/N-ethyl adjacent to an activating group) is 1. The first-order valence-electron chi connectivity index (χ1n) is 8.54. The standard InChI is InChI=1S/C17H34N2/c1-4-15-5-7-16(8-6-15)19(3)17(13-18)11-9-14(2)10-12-17/h14-16H,4-13,18H2,1-3H3. The molecule has 0 aromatic rings. The van der Waals surface area contributed by atoms with Gasteiger partial charge in [0.2, 0.25) is 0 Å². The average Bonchev–Trinajstić information content (AvgIpc) is 2.48. The van der Waals surface area contributed by atoms with Gasteiger partial charge in [0.1, 0.15) is 0 Å². The molecule has 0 aromatic heterocycles. The largest absolute Gasteiger partial charge is 0.329 e. The Bertz CT molecular complexity index is 260. The summed E-state index contributed by atoms with van der Waals surface area (Å²) in [4.78, 5) is 2.70. The van der Waals surface area contributed by atoms with Crippen LogP contribution in [0.5, 0.6) is 0 Å². The van der Waals surface area contributed by atoms with Crippen molar-refractivity contribution >= 4 is 0 Å². The third kappa shape index (κ3) is 3.33. The summed E-state index contributed by atoms with van der Waals surface area (Å²) < 4.78 is 0. The second-order valence-corrected chi connectivity index (χ2v) is 7.30. The summed E-state index contributed by atoms with van der Waals surface area (Å²) in [7, 11) is 2.36. The summed E-state index contributed by atoms with van der Waals surface area (Å²) in [6, 6.07) is 0.791. The normalized spacial score (nSPS) is 40.6. The summed E-state index contributed by atoms with van der Waals surface area (Å²) >= 11 is 0. The van der Waals surface area contributed by atoms with E-state index in [9.17, 15) is 0 Å². The van der Waals surface area contributed by atoms with E-state index in [1.807, 2.05) is 0 Å². The molecule has 2 nitrogen and oxygen atoms in total. The zero-order valence-electron chi connectivity index (χ0n) is 13.3. The van der Waals surface area contributed by atoms with Crippen LogP contribution in [0.4, 0.5) is 0 Å². The fourth-order valence-electron chi connectivity index (χ4n) is 4.33. The summed E-state index contributed by atoms with van der Waals surface area (Å²) in [6.07, 6.45) is 12.4. The second kappa shape index (κ2) is 6.58. The molecule has 0 spiro atoms. The van der Waals surface area contributed by atoms with Crippen LogP contribution in [0, 0.1) is 11.8 Å². The molecular formula is C17H34N2. The maximum atomic E-state index is 6.20. The highest BCUT2D eigenvalue weighted by Gasteiger charge is 2.40. The molecule has 2 rings (SSSR count). The number of rotatable bonds is 4. The Kier molecular flexibility index (Phi) is 5.30. The third-order valence-corrected chi connectivity index (χ3v) is 6.27. The van der Waals surface area contributed by atoms with Gasteiger partial charge in [-0.1, -0.05) is 20.3 Å². The Morgan fingerprint density at radius 3 is 2.11 bits per heavy atom. The second-order valence-electron chi connectivity index (χ2n) is 7.30. The van der Waals surface area contributed by atoms with Crippen LogP contribution in [0.15, 0.2) is 0 Å². The van der Waals surface area contributed by atoms with Crippen LogP contribution >= 0.6 is 0 Å². The van der Waals surface area contributed by atoms with Crippen molar-refractivity contribution in [1.29, 1.82) is 0 Å². The average molecular weight is 266 g/mol. The first-order chi connectivity index (χ1) is 9.11. The van der Waals surface area contributed by atoms with Crippen molar-refractivity contribution in [2.24, 2.45) is 17.6 Å². The van der Waals surface area contributed by atoms with E-state index in [1.165, 1.54) is 57.8 Å². The van der Waals surface area contributed by atoms with Crippen LogP contribution in [0.2, 0.25) is 0 Å². The van der Waals surface area contributed by atoms with Gasteiger partial charge in [-0.2, -0.15) is 0 Å². The van der Waals surface area contributed by atoms with Crippen molar-refractivity contribution in [3.8, 4) is 0 Å². The van der Waals surface area contributed by atoms with Crippen molar-refractivity contribution in [2.45, 2.75) is 83.2 Å². The molecule has 0 aliphatic heterocycles. The predicted octanol–water partition coefficient (Wildman–Crippen LogP) is 3.79. The Hall–Kier alpha value is -0.0800. The number of nitrogens with two attached hydrogens (primary N) is 1. The first-order valence-corrected chi connectivity index (χ1v) is 8.54. The van der Waals surface area contributed by atoms with E-state index in [2.05, 4.69) is 25.8 Å². The Morgan fingerprint density at radius 2 is 1.63 bits per heavy atom. The van der Waals surface area contributed by atoms with E-state index in [4.69, 9.17) is 5.73 Å². The Labute approximate surface area is 120 Å². The summed E-state index contributed by atoms with van der Waals surface area (Å²) in [5.41, 5.74) is 6.52. The quantitative estimate of drug-likeness (QED) is 0.838. The first kappa shape index (κ1) is 15.3. The third-order valence-electron chi connectivity index (χ3n) is 6.27. The molecular weight excluding hydrogens is 232 g/mol.